The van der Waals surface area contributed by atoms with E-state index in [0.717, 1.165) is 17.7 Å². The summed E-state index contributed by atoms with van der Waals surface area (Å²) in [7, 11) is 1.34. The maximum Gasteiger partial charge on any atom is 0.416 e. The largest absolute Gasteiger partial charge is 0.468 e. The van der Waals surface area contributed by atoms with Crippen molar-refractivity contribution in [3.8, 4) is 0 Å². The fourth-order valence-electron chi connectivity index (χ4n) is 2.70. The Morgan fingerprint density at radius 2 is 2.00 bits per heavy atom. The van der Waals surface area contributed by atoms with Crippen molar-refractivity contribution in [3.05, 3.63) is 59.7 Å². The lowest BCUT2D eigenvalue weighted by Gasteiger charge is -2.18. The molecule has 1 heterocycles. The highest BCUT2D eigenvalue weighted by Crippen LogP contribution is 2.38. The third-order valence-electron chi connectivity index (χ3n) is 3.98. The van der Waals surface area contributed by atoms with Gasteiger partial charge in [0.25, 0.3) is 0 Å². The third-order valence-corrected chi connectivity index (χ3v) is 5.23. The van der Waals surface area contributed by atoms with Crippen molar-refractivity contribution >= 4 is 29.1 Å². The van der Waals surface area contributed by atoms with E-state index in [0.29, 0.717) is 17.1 Å². The van der Waals surface area contributed by atoms with Crippen molar-refractivity contribution in [2.45, 2.75) is 17.6 Å². The average Bonchev–Trinajstić information content (AvgIpc) is 3.11. The van der Waals surface area contributed by atoms with E-state index >= 15 is 0 Å². The van der Waals surface area contributed by atoms with Gasteiger partial charge in [0.2, 0.25) is 0 Å². The van der Waals surface area contributed by atoms with E-state index in [4.69, 9.17) is 4.74 Å². The molecule has 2 aromatic rings. The van der Waals surface area contributed by atoms with Gasteiger partial charge < -0.3 is 10.1 Å². The molecule has 4 nitrogen and oxygen atoms in total. The van der Waals surface area contributed by atoms with E-state index in [9.17, 15) is 18.0 Å². The number of alkyl halides is 3. The Balaban J connectivity index is 1.82. The third kappa shape index (κ3) is 4.13. The summed E-state index contributed by atoms with van der Waals surface area (Å²) in [5.74, 6) is 0.234. The lowest BCUT2D eigenvalue weighted by Crippen LogP contribution is -2.35. The SMILES string of the molecule is COC(=O)[C@@H]1CSC(c2ccccc2Nc2cccc(C(F)(F)F)c2)N1. The predicted molar refractivity (Wildman–Crippen MR) is 95.3 cm³/mol. The molecule has 1 unspecified atom stereocenters. The Morgan fingerprint density at radius 1 is 1.23 bits per heavy atom. The van der Waals surface area contributed by atoms with E-state index in [2.05, 4.69) is 10.6 Å². The molecule has 1 saturated heterocycles. The Bertz CT molecular complexity index is 798. The van der Waals surface area contributed by atoms with Crippen LogP contribution < -0.4 is 10.6 Å². The van der Waals surface area contributed by atoms with Crippen molar-refractivity contribution in [3.63, 3.8) is 0 Å². The summed E-state index contributed by atoms with van der Waals surface area (Å²) in [6, 6.07) is 12.0. The molecule has 0 saturated carbocycles. The molecule has 0 aromatic heterocycles. The van der Waals surface area contributed by atoms with Crippen LogP contribution in [0.3, 0.4) is 0 Å². The maximum absolute atomic E-state index is 12.9. The van der Waals surface area contributed by atoms with Gasteiger partial charge in [0, 0.05) is 22.7 Å². The topological polar surface area (TPSA) is 50.4 Å². The minimum Gasteiger partial charge on any atom is -0.468 e. The fourth-order valence-corrected chi connectivity index (χ4v) is 3.96. The first kappa shape index (κ1) is 18.6. The number of carbonyl (C=O) groups is 1. The summed E-state index contributed by atoms with van der Waals surface area (Å²) in [6.45, 7) is 0. The number of carbonyl (C=O) groups excluding carboxylic acids is 1. The second-order valence-corrected chi connectivity index (χ2v) is 6.88. The molecule has 3 rings (SSSR count). The van der Waals surface area contributed by atoms with Gasteiger partial charge in [-0.05, 0) is 24.3 Å². The highest BCUT2D eigenvalue weighted by Gasteiger charge is 2.33. The van der Waals surface area contributed by atoms with Crippen LogP contribution in [0.25, 0.3) is 0 Å². The lowest BCUT2D eigenvalue weighted by molar-refractivity contribution is -0.142. The Kier molecular flexibility index (Phi) is 5.43. The zero-order valence-corrected chi connectivity index (χ0v) is 14.7. The molecule has 138 valence electrons. The predicted octanol–water partition coefficient (Wildman–Crippen LogP) is 4.33. The van der Waals surface area contributed by atoms with Crippen LogP contribution in [0.5, 0.6) is 0 Å². The molecule has 2 N–H and O–H groups in total. The van der Waals surface area contributed by atoms with Gasteiger partial charge in [0.1, 0.15) is 6.04 Å². The van der Waals surface area contributed by atoms with Crippen LogP contribution in [-0.4, -0.2) is 24.9 Å². The molecule has 26 heavy (non-hydrogen) atoms. The van der Waals surface area contributed by atoms with Gasteiger partial charge >= 0.3 is 12.1 Å². The number of hydrogen-bond acceptors (Lipinski definition) is 5. The molecule has 1 aliphatic rings. The smallest absolute Gasteiger partial charge is 0.416 e. The molecular weight excluding hydrogens is 365 g/mol. The molecule has 2 aromatic carbocycles. The highest BCUT2D eigenvalue weighted by molar-refractivity contribution is 7.99. The molecule has 0 aliphatic carbocycles. The van der Waals surface area contributed by atoms with Crippen LogP contribution >= 0.6 is 11.8 Å². The fraction of sp³-hybridized carbons (Fsp3) is 0.278. The summed E-state index contributed by atoms with van der Waals surface area (Å²) >= 11 is 1.55. The molecule has 8 heteroatoms. The van der Waals surface area contributed by atoms with E-state index in [1.165, 1.54) is 13.2 Å². The lowest BCUT2D eigenvalue weighted by atomic mass is 10.1. The van der Waals surface area contributed by atoms with Crippen molar-refractivity contribution in [2.75, 3.05) is 18.2 Å². The number of esters is 1. The van der Waals surface area contributed by atoms with Crippen molar-refractivity contribution in [1.82, 2.24) is 5.32 Å². The summed E-state index contributed by atoms with van der Waals surface area (Å²) in [5, 5.41) is 6.08. The monoisotopic (exact) mass is 382 g/mol. The van der Waals surface area contributed by atoms with E-state index in [1.807, 2.05) is 12.1 Å². The average molecular weight is 382 g/mol. The summed E-state index contributed by atoms with van der Waals surface area (Å²) in [5.41, 5.74) is 1.18. The first-order valence-corrected chi connectivity index (χ1v) is 8.92. The van der Waals surface area contributed by atoms with Gasteiger partial charge in [-0.1, -0.05) is 24.3 Å². The van der Waals surface area contributed by atoms with Gasteiger partial charge in [-0.15, -0.1) is 11.8 Å². The standard InChI is InChI=1S/C18H17F3N2O2S/c1-25-17(24)15-10-26-16(23-15)13-7-2-3-8-14(13)22-12-6-4-5-11(9-12)18(19,20)21/h2-9,15-16,22-23H,10H2,1H3/t15-,16?/m0/s1. The van der Waals surface area contributed by atoms with Gasteiger partial charge in [-0.2, -0.15) is 13.2 Å². The minimum absolute atomic E-state index is 0.159. The van der Waals surface area contributed by atoms with Crippen LogP contribution in [0.15, 0.2) is 48.5 Å². The van der Waals surface area contributed by atoms with Crippen molar-refractivity contribution < 1.29 is 22.7 Å². The highest BCUT2D eigenvalue weighted by atomic mass is 32.2. The number of para-hydroxylation sites is 1. The second kappa shape index (κ2) is 7.59. The molecule has 0 amide bonds. The van der Waals surface area contributed by atoms with E-state index in [1.54, 1.807) is 30.0 Å². The number of rotatable bonds is 4. The molecule has 0 radical (unpaired) electrons. The molecule has 0 spiro atoms. The zero-order chi connectivity index (χ0) is 18.7. The molecule has 2 atom stereocenters. The van der Waals surface area contributed by atoms with Gasteiger partial charge in [0.05, 0.1) is 18.0 Å². The summed E-state index contributed by atoms with van der Waals surface area (Å²) < 4.78 is 43.4. The van der Waals surface area contributed by atoms with E-state index in [-0.39, 0.29) is 11.3 Å². The second-order valence-electron chi connectivity index (χ2n) is 5.75. The molecule has 1 fully saturated rings. The number of thioether (sulfide) groups is 1. The van der Waals surface area contributed by atoms with Gasteiger partial charge in [-0.25, -0.2) is 0 Å². The number of ether oxygens (including phenoxy) is 1. The number of methoxy groups -OCH3 is 1. The summed E-state index contributed by atoms with van der Waals surface area (Å²) in [4.78, 5) is 11.7. The molecule has 1 aliphatic heterocycles. The normalized spacial score (nSPS) is 20.0. The van der Waals surface area contributed by atoms with Gasteiger partial charge in [-0.3, -0.25) is 10.1 Å². The Hall–Kier alpha value is -2.19. The number of halogens is 3. The zero-order valence-electron chi connectivity index (χ0n) is 13.8. The van der Waals surface area contributed by atoms with Crippen molar-refractivity contribution in [2.24, 2.45) is 0 Å². The van der Waals surface area contributed by atoms with Crippen LogP contribution in [0.1, 0.15) is 16.5 Å². The quantitative estimate of drug-likeness (QED) is 0.771. The number of benzene rings is 2. The number of nitrogens with one attached hydrogen (secondary N) is 2. The summed E-state index contributed by atoms with van der Waals surface area (Å²) in [6.07, 6.45) is -4.40. The Morgan fingerprint density at radius 3 is 2.73 bits per heavy atom. The van der Waals surface area contributed by atoms with Crippen molar-refractivity contribution in [1.29, 1.82) is 0 Å². The maximum atomic E-state index is 12.9. The minimum atomic E-state index is -4.40. The first-order valence-electron chi connectivity index (χ1n) is 7.87. The van der Waals surface area contributed by atoms with Crippen LogP contribution in [0, 0.1) is 0 Å². The van der Waals surface area contributed by atoms with Gasteiger partial charge in [0.15, 0.2) is 0 Å². The molecular formula is C18H17F3N2O2S. The first-order chi connectivity index (χ1) is 12.4. The van der Waals surface area contributed by atoms with Crippen LogP contribution in [0.4, 0.5) is 24.5 Å². The molecule has 0 bridgehead atoms. The van der Waals surface area contributed by atoms with Crippen LogP contribution in [-0.2, 0) is 15.7 Å². The number of hydrogen-bond donors (Lipinski definition) is 2. The Labute approximate surface area is 153 Å². The van der Waals surface area contributed by atoms with E-state index < -0.39 is 17.8 Å². The number of anilines is 2. The van der Waals surface area contributed by atoms with Crippen LogP contribution in [0.2, 0.25) is 0 Å².